The summed E-state index contributed by atoms with van der Waals surface area (Å²) in [5.74, 6) is 1.08. The number of para-hydroxylation sites is 2. The number of anilines is 2. The fourth-order valence-electron chi connectivity index (χ4n) is 6.16. The second-order valence-corrected chi connectivity index (χ2v) is 11.5. The van der Waals surface area contributed by atoms with Gasteiger partial charge in [0.15, 0.2) is 11.6 Å². The van der Waals surface area contributed by atoms with Crippen molar-refractivity contribution in [2.45, 2.75) is 50.4 Å². The van der Waals surface area contributed by atoms with Gasteiger partial charge in [-0.3, -0.25) is 9.59 Å². The molecule has 4 aromatic heterocycles. The van der Waals surface area contributed by atoms with Gasteiger partial charge in [-0.05, 0) is 78.6 Å². The molecule has 2 amide bonds. The van der Waals surface area contributed by atoms with Crippen molar-refractivity contribution in [3.05, 3.63) is 108 Å². The number of hydrogen-bond acceptors (Lipinski definition) is 6. The Morgan fingerprint density at radius 2 is 1.11 bits per heavy atom. The highest BCUT2D eigenvalue weighted by atomic mass is 16.2. The maximum Gasteiger partial charge on any atom is 0.231 e. The van der Waals surface area contributed by atoms with E-state index in [1.54, 1.807) is 0 Å². The molecular weight excluding hydrogens is 552 g/mol. The molecule has 4 N–H and O–H groups in total. The van der Waals surface area contributed by atoms with Crippen molar-refractivity contribution in [1.82, 2.24) is 30.4 Å². The minimum absolute atomic E-state index is 0.146. The zero-order valence-corrected chi connectivity index (χ0v) is 24.1. The number of fused-ring (bicyclic) bond motifs is 2. The number of aromatic nitrogens is 6. The summed E-state index contributed by atoms with van der Waals surface area (Å²) < 4.78 is 0. The van der Waals surface area contributed by atoms with E-state index in [0.717, 1.165) is 70.3 Å². The normalized spacial score (nSPS) is 16.6. The standard InChI is InChI=1S/C34H32N8O2/c43-33(19-25-17-23-6-1-3-10-27(23)35-25)37-31-14-12-29(39-41-31)21-8-5-9-22(16-21)30-13-15-32(42-40-30)38-34(44)20-26-18-24-7-2-4-11-28(24)36-26/h1-4,6-7,10-15,17-18,21-22,35-36H,5,8-9,16,19-20H2,(H,37,41,43)(H,38,42,44)/t21-,22-/m0/s1. The SMILES string of the molecule is O=C(Cc1cc2ccccc2[nH]1)Nc1ccc([C@H]2CCC[C@H](c3ccc(NC(=O)Cc4cc5ccccc5[nH]4)nn3)C2)nn1. The molecule has 10 nitrogen and oxygen atoms in total. The monoisotopic (exact) mass is 584 g/mol. The van der Waals surface area contributed by atoms with Crippen molar-refractivity contribution in [2.75, 3.05) is 10.6 Å². The van der Waals surface area contributed by atoms with E-state index in [0.29, 0.717) is 11.6 Å². The maximum atomic E-state index is 12.6. The van der Waals surface area contributed by atoms with Crippen LogP contribution in [-0.4, -0.2) is 42.2 Å². The Balaban J connectivity index is 0.922. The van der Waals surface area contributed by atoms with E-state index in [9.17, 15) is 9.59 Å². The molecule has 1 aliphatic rings. The number of rotatable bonds is 8. The molecular formula is C34H32N8O2. The Kier molecular flexibility index (Phi) is 7.54. The van der Waals surface area contributed by atoms with Crippen molar-refractivity contribution in [3.63, 3.8) is 0 Å². The number of benzene rings is 2. The van der Waals surface area contributed by atoms with Crippen LogP contribution in [0.25, 0.3) is 21.8 Å². The Labute approximate surface area is 253 Å². The lowest BCUT2D eigenvalue weighted by Gasteiger charge is -2.28. The summed E-state index contributed by atoms with van der Waals surface area (Å²) in [5, 5.41) is 25.4. The largest absolute Gasteiger partial charge is 0.358 e. The Morgan fingerprint density at radius 3 is 1.55 bits per heavy atom. The number of nitrogens with zero attached hydrogens (tertiary/aromatic N) is 4. The highest BCUT2D eigenvalue weighted by molar-refractivity contribution is 5.93. The summed E-state index contributed by atoms with van der Waals surface area (Å²) in [6.07, 6.45) is 4.44. The smallest absolute Gasteiger partial charge is 0.231 e. The van der Waals surface area contributed by atoms with Crippen LogP contribution in [0.1, 0.15) is 60.3 Å². The molecule has 0 saturated heterocycles. The molecule has 220 valence electrons. The molecule has 4 heterocycles. The van der Waals surface area contributed by atoms with Gasteiger partial charge in [-0.2, -0.15) is 10.2 Å². The highest BCUT2D eigenvalue weighted by Gasteiger charge is 2.27. The molecule has 0 bridgehead atoms. The molecule has 0 spiro atoms. The topological polar surface area (TPSA) is 141 Å². The highest BCUT2D eigenvalue weighted by Crippen LogP contribution is 2.40. The zero-order valence-electron chi connectivity index (χ0n) is 24.1. The number of nitrogens with one attached hydrogen (secondary N) is 4. The van der Waals surface area contributed by atoms with Crippen LogP contribution in [0, 0.1) is 0 Å². The fourth-order valence-corrected chi connectivity index (χ4v) is 6.16. The van der Waals surface area contributed by atoms with Crippen molar-refractivity contribution in [2.24, 2.45) is 0 Å². The van der Waals surface area contributed by atoms with Crippen LogP contribution < -0.4 is 10.6 Å². The molecule has 1 aliphatic carbocycles. The third kappa shape index (κ3) is 6.19. The van der Waals surface area contributed by atoms with Crippen LogP contribution in [0.5, 0.6) is 0 Å². The second-order valence-electron chi connectivity index (χ2n) is 11.5. The average Bonchev–Trinajstić information content (AvgIpc) is 3.64. The summed E-state index contributed by atoms with van der Waals surface area (Å²) in [6, 6.07) is 27.4. The second kappa shape index (κ2) is 12.1. The molecule has 0 unspecified atom stereocenters. The molecule has 0 aliphatic heterocycles. The van der Waals surface area contributed by atoms with E-state index < -0.39 is 0 Å². The van der Waals surface area contributed by atoms with Crippen molar-refractivity contribution >= 4 is 45.3 Å². The van der Waals surface area contributed by atoms with Crippen molar-refractivity contribution in [1.29, 1.82) is 0 Å². The van der Waals surface area contributed by atoms with Crippen molar-refractivity contribution in [3.8, 4) is 0 Å². The number of aromatic amines is 2. The molecule has 10 heteroatoms. The minimum atomic E-state index is -0.146. The minimum Gasteiger partial charge on any atom is -0.358 e. The van der Waals surface area contributed by atoms with Gasteiger partial charge in [0, 0.05) is 34.3 Å². The van der Waals surface area contributed by atoms with Gasteiger partial charge in [-0.15, -0.1) is 10.2 Å². The predicted molar refractivity (Wildman–Crippen MR) is 169 cm³/mol. The van der Waals surface area contributed by atoms with Gasteiger partial charge < -0.3 is 20.6 Å². The van der Waals surface area contributed by atoms with Crippen LogP contribution in [0.3, 0.4) is 0 Å². The molecule has 0 radical (unpaired) electrons. The van der Waals surface area contributed by atoms with Crippen LogP contribution >= 0.6 is 0 Å². The third-order valence-electron chi connectivity index (χ3n) is 8.29. The summed E-state index contributed by atoms with van der Waals surface area (Å²) in [7, 11) is 0. The predicted octanol–water partition coefficient (Wildman–Crippen LogP) is 6.03. The van der Waals surface area contributed by atoms with Gasteiger partial charge in [0.25, 0.3) is 0 Å². The van der Waals surface area contributed by atoms with Gasteiger partial charge in [0.1, 0.15) is 0 Å². The Bertz CT molecular complexity index is 1720. The first kappa shape index (κ1) is 27.5. The molecule has 2 aromatic carbocycles. The van der Waals surface area contributed by atoms with E-state index in [2.05, 4.69) is 41.0 Å². The van der Waals surface area contributed by atoms with E-state index in [1.807, 2.05) is 84.9 Å². The van der Waals surface area contributed by atoms with E-state index in [1.165, 1.54) is 0 Å². The molecule has 6 aromatic rings. The first-order valence-electron chi connectivity index (χ1n) is 15.0. The number of carbonyl (C=O) groups is 2. The van der Waals surface area contributed by atoms with Crippen LogP contribution in [0.15, 0.2) is 84.9 Å². The Morgan fingerprint density at radius 1 is 0.636 bits per heavy atom. The number of carbonyl (C=O) groups excluding carboxylic acids is 2. The number of H-pyrrole nitrogens is 2. The summed E-state index contributed by atoms with van der Waals surface area (Å²) >= 11 is 0. The maximum absolute atomic E-state index is 12.6. The number of amides is 2. The molecule has 1 saturated carbocycles. The average molecular weight is 585 g/mol. The molecule has 2 atom stereocenters. The fraction of sp³-hybridized carbons (Fsp3) is 0.235. The third-order valence-corrected chi connectivity index (χ3v) is 8.29. The zero-order chi connectivity index (χ0) is 29.9. The van der Waals surface area contributed by atoms with Crippen LogP contribution in [0.4, 0.5) is 11.6 Å². The van der Waals surface area contributed by atoms with Gasteiger partial charge in [0.05, 0.1) is 24.2 Å². The lowest BCUT2D eigenvalue weighted by atomic mass is 9.78. The number of hydrogen-bond donors (Lipinski definition) is 4. The summed E-state index contributed by atoms with van der Waals surface area (Å²) in [6.45, 7) is 0. The van der Waals surface area contributed by atoms with Gasteiger partial charge >= 0.3 is 0 Å². The summed E-state index contributed by atoms with van der Waals surface area (Å²) in [5.41, 5.74) is 5.55. The van der Waals surface area contributed by atoms with E-state index >= 15 is 0 Å². The lowest BCUT2D eigenvalue weighted by molar-refractivity contribution is -0.116. The van der Waals surface area contributed by atoms with E-state index in [4.69, 9.17) is 0 Å². The van der Waals surface area contributed by atoms with Gasteiger partial charge in [-0.25, -0.2) is 0 Å². The molecule has 44 heavy (non-hydrogen) atoms. The van der Waals surface area contributed by atoms with Crippen molar-refractivity contribution < 1.29 is 9.59 Å². The first-order valence-corrected chi connectivity index (χ1v) is 15.0. The van der Waals surface area contributed by atoms with Crippen LogP contribution in [0.2, 0.25) is 0 Å². The van der Waals surface area contributed by atoms with Gasteiger partial charge in [-0.1, -0.05) is 42.8 Å². The Hall–Kier alpha value is -5.38. The quantitative estimate of drug-likeness (QED) is 0.172. The molecule has 1 fully saturated rings. The molecule has 7 rings (SSSR count). The van der Waals surface area contributed by atoms with E-state index in [-0.39, 0.29) is 36.5 Å². The lowest BCUT2D eigenvalue weighted by Crippen LogP contribution is -2.18. The summed E-state index contributed by atoms with van der Waals surface area (Å²) in [4.78, 5) is 31.8. The van der Waals surface area contributed by atoms with Gasteiger partial charge in [0.2, 0.25) is 11.8 Å². The van der Waals surface area contributed by atoms with Crippen LogP contribution in [-0.2, 0) is 22.4 Å². The first-order chi connectivity index (χ1) is 21.6.